The molecule has 3 aromatic rings. The van der Waals surface area contributed by atoms with E-state index in [-0.39, 0.29) is 23.8 Å². The Hall–Kier alpha value is -2.93. The molecule has 0 bridgehead atoms. The summed E-state index contributed by atoms with van der Waals surface area (Å²) < 4.78 is 14.1. The fourth-order valence-corrected chi connectivity index (χ4v) is 2.96. The number of halogens is 1. The van der Waals surface area contributed by atoms with Crippen molar-refractivity contribution in [1.29, 1.82) is 0 Å². The molecule has 0 atom stereocenters. The van der Waals surface area contributed by atoms with Gasteiger partial charge in [0, 0.05) is 16.5 Å². The molecule has 0 unspecified atom stereocenters. The number of benzene rings is 2. The molecule has 2 aromatic carbocycles. The third-order valence-electron chi connectivity index (χ3n) is 3.68. The minimum atomic E-state index is -0.385. The number of hydrogen-bond acceptors (Lipinski definition) is 4. The predicted octanol–water partition coefficient (Wildman–Crippen LogP) is 3.41. The van der Waals surface area contributed by atoms with Crippen molar-refractivity contribution in [2.75, 3.05) is 11.6 Å². The van der Waals surface area contributed by atoms with Crippen molar-refractivity contribution < 1.29 is 9.18 Å². The van der Waals surface area contributed by atoms with Crippen molar-refractivity contribution in [2.24, 2.45) is 0 Å². The largest absolute Gasteiger partial charge is 0.323 e. The van der Waals surface area contributed by atoms with E-state index >= 15 is 0 Å². The molecule has 1 heterocycles. The first kappa shape index (κ1) is 17.9. The van der Waals surface area contributed by atoms with Gasteiger partial charge in [-0.2, -0.15) is 5.10 Å². The second kappa shape index (κ2) is 7.97. The monoisotopic (exact) mass is 369 g/mol. The van der Waals surface area contributed by atoms with Crippen LogP contribution in [0.2, 0.25) is 0 Å². The summed E-state index contributed by atoms with van der Waals surface area (Å²) in [7, 11) is 0. The zero-order valence-electron chi connectivity index (χ0n) is 14.0. The number of aromatic nitrogens is 2. The molecule has 1 N–H and O–H groups in total. The van der Waals surface area contributed by atoms with Gasteiger partial charge in [0.05, 0.1) is 11.4 Å². The molecule has 132 valence electrons. The Kier molecular flexibility index (Phi) is 5.48. The standard InChI is InChI=1S/C19H16FN3O2S/c1-26-17-5-3-2-4-16(17)21-18(24)12-23-19(25)11-10-15(22-23)13-6-8-14(20)9-7-13/h2-11H,12H2,1H3,(H,21,24). The van der Waals surface area contributed by atoms with Crippen LogP contribution in [0.4, 0.5) is 10.1 Å². The summed E-state index contributed by atoms with van der Waals surface area (Å²) in [4.78, 5) is 25.3. The molecule has 0 saturated heterocycles. The van der Waals surface area contributed by atoms with Gasteiger partial charge in [-0.15, -0.1) is 11.8 Å². The highest BCUT2D eigenvalue weighted by Crippen LogP contribution is 2.24. The van der Waals surface area contributed by atoms with Crippen LogP contribution in [0, 0.1) is 5.82 Å². The minimum absolute atomic E-state index is 0.212. The second-order valence-corrected chi connectivity index (χ2v) is 6.32. The van der Waals surface area contributed by atoms with Gasteiger partial charge in [-0.3, -0.25) is 9.59 Å². The summed E-state index contributed by atoms with van der Waals surface area (Å²) in [5.41, 5.74) is 1.45. The van der Waals surface area contributed by atoms with Gasteiger partial charge in [0.1, 0.15) is 12.4 Å². The maximum Gasteiger partial charge on any atom is 0.267 e. The first-order valence-electron chi connectivity index (χ1n) is 7.84. The molecule has 0 radical (unpaired) electrons. The molecule has 1 amide bonds. The van der Waals surface area contributed by atoms with Gasteiger partial charge in [-0.1, -0.05) is 12.1 Å². The van der Waals surface area contributed by atoms with E-state index in [2.05, 4.69) is 10.4 Å². The van der Waals surface area contributed by atoms with E-state index in [1.807, 2.05) is 24.5 Å². The zero-order valence-corrected chi connectivity index (χ0v) is 14.8. The zero-order chi connectivity index (χ0) is 18.5. The van der Waals surface area contributed by atoms with Crippen LogP contribution >= 0.6 is 11.8 Å². The number of carbonyl (C=O) groups excluding carboxylic acids is 1. The summed E-state index contributed by atoms with van der Waals surface area (Å²) in [5, 5.41) is 7.01. The fourth-order valence-electron chi connectivity index (χ4n) is 2.41. The van der Waals surface area contributed by atoms with E-state index < -0.39 is 0 Å². The highest BCUT2D eigenvalue weighted by Gasteiger charge is 2.10. The van der Waals surface area contributed by atoms with Crippen LogP contribution in [0.15, 0.2) is 70.4 Å². The average Bonchev–Trinajstić information content (AvgIpc) is 2.64. The lowest BCUT2D eigenvalue weighted by molar-refractivity contribution is -0.117. The number of thioether (sulfide) groups is 1. The van der Waals surface area contributed by atoms with Gasteiger partial charge in [-0.25, -0.2) is 9.07 Å². The molecule has 0 aliphatic rings. The van der Waals surface area contributed by atoms with Crippen LogP contribution in [-0.2, 0) is 11.3 Å². The van der Waals surface area contributed by atoms with Gasteiger partial charge >= 0.3 is 0 Å². The van der Waals surface area contributed by atoms with E-state index in [1.54, 1.807) is 24.3 Å². The van der Waals surface area contributed by atoms with Gasteiger partial charge < -0.3 is 5.32 Å². The number of anilines is 1. The molecule has 5 nitrogen and oxygen atoms in total. The molecule has 7 heteroatoms. The summed E-state index contributed by atoms with van der Waals surface area (Å²) in [5.74, 6) is -0.703. The number of hydrogen-bond donors (Lipinski definition) is 1. The summed E-state index contributed by atoms with van der Waals surface area (Å²) in [6.07, 6.45) is 1.92. The molecule has 0 aliphatic heterocycles. The van der Waals surface area contributed by atoms with Gasteiger partial charge in [0.15, 0.2) is 0 Å². The van der Waals surface area contributed by atoms with Crippen LogP contribution in [-0.4, -0.2) is 21.9 Å². The van der Waals surface area contributed by atoms with Crippen molar-refractivity contribution >= 4 is 23.4 Å². The van der Waals surface area contributed by atoms with Crippen molar-refractivity contribution in [3.8, 4) is 11.3 Å². The summed E-state index contributed by atoms with van der Waals surface area (Å²) in [6, 6.07) is 16.1. The van der Waals surface area contributed by atoms with Crippen molar-refractivity contribution in [1.82, 2.24) is 9.78 Å². The van der Waals surface area contributed by atoms with E-state index in [0.717, 1.165) is 9.58 Å². The minimum Gasteiger partial charge on any atom is -0.323 e. The maximum atomic E-state index is 13.1. The molecule has 3 rings (SSSR count). The number of amides is 1. The van der Waals surface area contributed by atoms with Crippen LogP contribution in [0.5, 0.6) is 0 Å². The fraction of sp³-hybridized carbons (Fsp3) is 0.105. The maximum absolute atomic E-state index is 13.1. The number of nitrogens with zero attached hydrogens (tertiary/aromatic N) is 2. The topological polar surface area (TPSA) is 64.0 Å². The van der Waals surface area contributed by atoms with E-state index in [0.29, 0.717) is 16.9 Å². The highest BCUT2D eigenvalue weighted by molar-refractivity contribution is 7.98. The second-order valence-electron chi connectivity index (χ2n) is 5.47. The van der Waals surface area contributed by atoms with Gasteiger partial charge in [0.2, 0.25) is 5.91 Å². The van der Waals surface area contributed by atoms with Crippen molar-refractivity contribution in [3.05, 3.63) is 76.8 Å². The van der Waals surface area contributed by atoms with E-state index in [4.69, 9.17) is 0 Å². The predicted molar refractivity (Wildman–Crippen MR) is 101 cm³/mol. The number of nitrogens with one attached hydrogen (secondary N) is 1. The molecule has 0 spiro atoms. The van der Waals surface area contributed by atoms with Crippen LogP contribution in [0.1, 0.15) is 0 Å². The summed E-state index contributed by atoms with van der Waals surface area (Å²) in [6.45, 7) is -0.212. The lowest BCUT2D eigenvalue weighted by Crippen LogP contribution is -2.29. The van der Waals surface area contributed by atoms with Crippen LogP contribution < -0.4 is 10.9 Å². The lowest BCUT2D eigenvalue weighted by atomic mass is 10.1. The SMILES string of the molecule is CSc1ccccc1NC(=O)Cn1nc(-c2ccc(F)cc2)ccc1=O. The molecule has 0 fully saturated rings. The Labute approximate surface area is 153 Å². The number of carbonyl (C=O) groups is 1. The normalized spacial score (nSPS) is 10.5. The molecule has 26 heavy (non-hydrogen) atoms. The first-order chi connectivity index (χ1) is 12.6. The lowest BCUT2D eigenvalue weighted by Gasteiger charge is -2.10. The summed E-state index contributed by atoms with van der Waals surface area (Å²) >= 11 is 1.52. The molecular weight excluding hydrogens is 353 g/mol. The Balaban J connectivity index is 1.81. The van der Waals surface area contributed by atoms with E-state index in [9.17, 15) is 14.0 Å². The van der Waals surface area contributed by atoms with Crippen molar-refractivity contribution in [2.45, 2.75) is 11.4 Å². The van der Waals surface area contributed by atoms with Gasteiger partial charge in [-0.05, 0) is 48.7 Å². The van der Waals surface area contributed by atoms with Gasteiger partial charge in [0.25, 0.3) is 5.56 Å². The molecule has 0 aliphatic carbocycles. The Bertz CT molecular complexity index is 987. The quantitative estimate of drug-likeness (QED) is 0.700. The molecular formula is C19H16FN3O2S. The number of rotatable bonds is 5. The van der Waals surface area contributed by atoms with Crippen LogP contribution in [0.25, 0.3) is 11.3 Å². The molecule has 1 aromatic heterocycles. The third-order valence-corrected chi connectivity index (χ3v) is 4.48. The third kappa shape index (κ3) is 4.18. The van der Waals surface area contributed by atoms with Crippen molar-refractivity contribution in [3.63, 3.8) is 0 Å². The number of para-hydroxylation sites is 1. The highest BCUT2D eigenvalue weighted by atomic mass is 32.2. The van der Waals surface area contributed by atoms with E-state index in [1.165, 1.54) is 30.0 Å². The van der Waals surface area contributed by atoms with Crippen LogP contribution in [0.3, 0.4) is 0 Å². The molecule has 0 saturated carbocycles. The average molecular weight is 369 g/mol. The smallest absolute Gasteiger partial charge is 0.267 e. The Morgan fingerprint density at radius 1 is 1.12 bits per heavy atom. The Morgan fingerprint density at radius 3 is 2.58 bits per heavy atom. The first-order valence-corrected chi connectivity index (χ1v) is 9.06. The Morgan fingerprint density at radius 2 is 1.85 bits per heavy atom.